The van der Waals surface area contributed by atoms with Crippen LogP contribution in [0.5, 0.6) is 5.75 Å². The molecule has 1 N–H and O–H groups in total. The third-order valence-corrected chi connectivity index (χ3v) is 4.56. The Morgan fingerprint density at radius 1 is 1.12 bits per heavy atom. The number of aromatic amines is 1. The molecule has 0 unspecified atom stereocenters. The topological polar surface area (TPSA) is 70.8 Å². The van der Waals surface area contributed by atoms with Gasteiger partial charge in [-0.15, -0.1) is 0 Å². The number of methoxy groups -OCH3 is 1. The Morgan fingerprint density at radius 3 is 2.52 bits per heavy atom. The minimum atomic E-state index is -0.383. The molecule has 0 aliphatic heterocycles. The largest absolute Gasteiger partial charge is 0.497 e. The van der Waals surface area contributed by atoms with Gasteiger partial charge in [0.1, 0.15) is 23.0 Å². The van der Waals surface area contributed by atoms with Crippen molar-refractivity contribution in [1.82, 2.24) is 9.55 Å². The van der Waals surface area contributed by atoms with E-state index < -0.39 is 0 Å². The smallest absolute Gasteiger partial charge is 0.268 e. The molecule has 5 heteroatoms. The summed E-state index contributed by atoms with van der Waals surface area (Å²) >= 11 is 0. The van der Waals surface area contributed by atoms with Crippen LogP contribution in [0.1, 0.15) is 5.56 Å². The van der Waals surface area contributed by atoms with Crippen LogP contribution in [0.3, 0.4) is 0 Å². The average Bonchev–Trinajstić information content (AvgIpc) is 2.93. The van der Waals surface area contributed by atoms with Crippen LogP contribution in [-0.2, 0) is 7.05 Å². The first-order chi connectivity index (χ1) is 12.2. The third kappa shape index (κ3) is 2.12. The van der Waals surface area contributed by atoms with Gasteiger partial charge < -0.3 is 14.3 Å². The van der Waals surface area contributed by atoms with Crippen LogP contribution in [0.4, 0.5) is 0 Å². The Balaban J connectivity index is 2.22. The van der Waals surface area contributed by atoms with Gasteiger partial charge in [0, 0.05) is 23.4 Å². The number of pyridine rings is 1. The normalized spacial score (nSPS) is 10.9. The summed E-state index contributed by atoms with van der Waals surface area (Å²) in [7, 11) is 3.51. The quantitative estimate of drug-likeness (QED) is 0.611. The highest BCUT2D eigenvalue weighted by Gasteiger charge is 2.19. The van der Waals surface area contributed by atoms with E-state index in [9.17, 15) is 10.1 Å². The van der Waals surface area contributed by atoms with Crippen LogP contribution in [0.25, 0.3) is 33.1 Å². The Kier molecular flexibility index (Phi) is 3.33. The number of hydrogen-bond donors (Lipinski definition) is 1. The lowest BCUT2D eigenvalue weighted by Gasteiger charge is -2.08. The number of rotatable bonds is 2. The highest BCUT2D eigenvalue weighted by atomic mass is 16.5. The van der Waals surface area contributed by atoms with Crippen molar-refractivity contribution in [2.45, 2.75) is 0 Å². The first kappa shape index (κ1) is 15.0. The number of nitrogens with zero attached hydrogens (tertiary/aromatic N) is 2. The van der Waals surface area contributed by atoms with Gasteiger partial charge in [-0.2, -0.15) is 5.26 Å². The van der Waals surface area contributed by atoms with E-state index in [1.807, 2.05) is 60.1 Å². The lowest BCUT2D eigenvalue weighted by Crippen LogP contribution is -2.13. The minimum Gasteiger partial charge on any atom is -0.497 e. The van der Waals surface area contributed by atoms with Crippen molar-refractivity contribution in [3.63, 3.8) is 0 Å². The predicted molar refractivity (Wildman–Crippen MR) is 97.7 cm³/mol. The molecule has 0 spiro atoms. The summed E-state index contributed by atoms with van der Waals surface area (Å²) in [4.78, 5) is 15.4. The van der Waals surface area contributed by atoms with Crippen LogP contribution in [0.2, 0.25) is 0 Å². The zero-order valence-corrected chi connectivity index (χ0v) is 13.8. The fourth-order valence-electron chi connectivity index (χ4n) is 3.35. The number of nitriles is 1. The number of aryl methyl sites for hydroxylation is 1. The second-order valence-electron chi connectivity index (χ2n) is 5.84. The van der Waals surface area contributed by atoms with Gasteiger partial charge in [-0.25, -0.2) is 0 Å². The molecule has 0 amide bonds. The Hall–Kier alpha value is -3.52. The highest BCUT2D eigenvalue weighted by molar-refractivity contribution is 6.14. The molecule has 0 bridgehead atoms. The van der Waals surface area contributed by atoms with Gasteiger partial charge >= 0.3 is 0 Å². The van der Waals surface area contributed by atoms with Crippen LogP contribution >= 0.6 is 0 Å². The van der Waals surface area contributed by atoms with Crippen LogP contribution in [0.15, 0.2) is 53.3 Å². The van der Waals surface area contributed by atoms with Gasteiger partial charge in [-0.05, 0) is 23.8 Å². The van der Waals surface area contributed by atoms with Gasteiger partial charge in [-0.3, -0.25) is 4.79 Å². The summed E-state index contributed by atoms with van der Waals surface area (Å²) in [6, 6.07) is 17.4. The zero-order chi connectivity index (χ0) is 17.6. The number of nitrogens with one attached hydrogen (secondary N) is 1. The second-order valence-corrected chi connectivity index (χ2v) is 5.84. The van der Waals surface area contributed by atoms with Gasteiger partial charge in [0.2, 0.25) is 0 Å². The lowest BCUT2D eigenvalue weighted by molar-refractivity contribution is 0.415. The average molecular weight is 329 g/mol. The van der Waals surface area contributed by atoms with E-state index in [0.717, 1.165) is 27.6 Å². The molecule has 0 saturated carbocycles. The van der Waals surface area contributed by atoms with E-state index in [0.29, 0.717) is 11.2 Å². The molecule has 0 saturated heterocycles. The first-order valence-corrected chi connectivity index (χ1v) is 7.83. The van der Waals surface area contributed by atoms with Crippen LogP contribution in [-0.4, -0.2) is 16.7 Å². The zero-order valence-electron chi connectivity index (χ0n) is 13.8. The molecule has 4 rings (SSSR count). The second kappa shape index (κ2) is 5.53. The van der Waals surface area contributed by atoms with Gasteiger partial charge in [0.15, 0.2) is 0 Å². The molecular formula is C20H15N3O2. The number of H-pyrrole nitrogens is 1. The maximum atomic E-state index is 12.5. The molecule has 25 heavy (non-hydrogen) atoms. The number of ether oxygens (including phenoxy) is 1. The van der Waals surface area contributed by atoms with Crippen molar-refractivity contribution in [3.8, 4) is 22.9 Å². The minimum absolute atomic E-state index is 0.119. The number of benzene rings is 2. The molecular weight excluding hydrogens is 314 g/mol. The molecule has 0 aliphatic carbocycles. The summed E-state index contributed by atoms with van der Waals surface area (Å²) in [5.74, 6) is 0.723. The Morgan fingerprint density at radius 2 is 1.84 bits per heavy atom. The molecule has 2 aromatic carbocycles. The fraction of sp³-hybridized carbons (Fsp3) is 0.100. The first-order valence-electron chi connectivity index (χ1n) is 7.83. The van der Waals surface area contributed by atoms with Crippen molar-refractivity contribution in [3.05, 3.63) is 64.4 Å². The molecule has 4 aromatic rings. The summed E-state index contributed by atoms with van der Waals surface area (Å²) in [6.07, 6.45) is 0. The van der Waals surface area contributed by atoms with E-state index in [4.69, 9.17) is 4.74 Å². The number of fused-ring (bicyclic) bond motifs is 3. The van der Waals surface area contributed by atoms with Gasteiger partial charge in [-0.1, -0.05) is 30.3 Å². The molecule has 0 atom stereocenters. The van der Waals surface area contributed by atoms with Gasteiger partial charge in [0.25, 0.3) is 5.56 Å². The molecule has 0 aliphatic rings. The van der Waals surface area contributed by atoms with Crippen molar-refractivity contribution in [1.29, 1.82) is 5.26 Å². The van der Waals surface area contributed by atoms with Crippen molar-refractivity contribution in [2.24, 2.45) is 7.05 Å². The lowest BCUT2D eigenvalue weighted by atomic mass is 9.97. The summed E-state index contributed by atoms with van der Waals surface area (Å²) < 4.78 is 7.15. The fourth-order valence-corrected chi connectivity index (χ4v) is 3.35. The van der Waals surface area contributed by atoms with Crippen LogP contribution < -0.4 is 10.3 Å². The molecule has 2 heterocycles. The van der Waals surface area contributed by atoms with Crippen molar-refractivity contribution >= 4 is 21.9 Å². The molecule has 2 aromatic heterocycles. The molecule has 5 nitrogen and oxygen atoms in total. The highest BCUT2D eigenvalue weighted by Crippen LogP contribution is 2.36. The van der Waals surface area contributed by atoms with E-state index >= 15 is 0 Å². The maximum absolute atomic E-state index is 12.5. The van der Waals surface area contributed by atoms with Gasteiger partial charge in [0.05, 0.1) is 12.6 Å². The maximum Gasteiger partial charge on any atom is 0.268 e. The Labute approximate surface area is 143 Å². The Bertz CT molecular complexity index is 1210. The number of hydrogen-bond acceptors (Lipinski definition) is 3. The summed E-state index contributed by atoms with van der Waals surface area (Å²) in [6.45, 7) is 0. The molecule has 0 radical (unpaired) electrons. The van der Waals surface area contributed by atoms with E-state index in [2.05, 4.69) is 11.1 Å². The summed E-state index contributed by atoms with van der Waals surface area (Å²) in [5, 5.41) is 11.5. The SMILES string of the molecule is COc1ccc(-c2c(C#N)c(=O)[nH]c3c2c2ccccc2n3C)cc1. The van der Waals surface area contributed by atoms with Crippen molar-refractivity contribution in [2.75, 3.05) is 7.11 Å². The molecule has 122 valence electrons. The number of aromatic nitrogens is 2. The van der Waals surface area contributed by atoms with Crippen LogP contribution in [0, 0.1) is 11.3 Å². The van der Waals surface area contributed by atoms with E-state index in [1.165, 1.54) is 0 Å². The third-order valence-electron chi connectivity index (χ3n) is 4.56. The van der Waals surface area contributed by atoms with E-state index in [1.54, 1.807) is 7.11 Å². The molecule has 0 fully saturated rings. The standard InChI is InChI=1S/C20H15N3O2/c1-23-16-6-4-3-5-14(16)18-17(12-7-9-13(25-2)10-8-12)15(11-21)20(24)22-19(18)23/h3-10H,1-2H3,(H,22,24). The van der Waals surface area contributed by atoms with Crippen molar-refractivity contribution < 1.29 is 4.74 Å². The monoisotopic (exact) mass is 329 g/mol. The summed E-state index contributed by atoms with van der Waals surface area (Å²) in [5.41, 5.74) is 2.90. The number of para-hydroxylation sites is 1. The predicted octanol–water partition coefficient (Wildman–Crippen LogP) is 3.57. The van der Waals surface area contributed by atoms with E-state index in [-0.39, 0.29) is 11.1 Å².